The molecule has 0 radical (unpaired) electrons. The number of carbonyl (C=O) groups is 2. The summed E-state index contributed by atoms with van der Waals surface area (Å²) in [6.07, 6.45) is 0. The predicted molar refractivity (Wildman–Crippen MR) is 138 cm³/mol. The number of carbonyl (C=O) groups excluding carboxylic acids is 2. The Bertz CT molecular complexity index is 1240. The third-order valence-corrected chi connectivity index (χ3v) is 6.30. The van der Waals surface area contributed by atoms with Gasteiger partial charge in [0.25, 0.3) is 5.91 Å². The van der Waals surface area contributed by atoms with Crippen LogP contribution in [0.1, 0.15) is 38.1 Å². The number of ether oxygens (including phenoxy) is 3. The van der Waals surface area contributed by atoms with Crippen molar-refractivity contribution in [3.63, 3.8) is 0 Å². The molecular weight excluding hydrogens is 472 g/mol. The lowest BCUT2D eigenvalue weighted by Gasteiger charge is -2.13. The highest BCUT2D eigenvalue weighted by atomic mass is 32.1. The molecule has 0 spiro atoms. The summed E-state index contributed by atoms with van der Waals surface area (Å²) in [6.45, 7) is 5.71. The molecule has 0 aliphatic carbocycles. The number of amides is 1. The van der Waals surface area contributed by atoms with E-state index in [1.807, 2.05) is 32.0 Å². The Hall–Kier alpha value is -3.43. The van der Waals surface area contributed by atoms with E-state index in [4.69, 9.17) is 26.4 Å². The molecule has 0 aliphatic heterocycles. The normalized spacial score (nSPS) is 10.4. The van der Waals surface area contributed by atoms with Crippen molar-refractivity contribution in [3.05, 3.63) is 64.0 Å². The second kappa shape index (κ2) is 11.1. The van der Waals surface area contributed by atoms with Gasteiger partial charge in [-0.05, 0) is 62.3 Å². The summed E-state index contributed by atoms with van der Waals surface area (Å²) < 4.78 is 16.1. The predicted octanol–water partition coefficient (Wildman–Crippen LogP) is 5.35. The standard InChI is InChI=1S/C25H26N2O5S2/c1-6-32-24(29)21-20(16-11-12-18(30-4)19(13-16)31-5)15(3)34-23(21)27-25(33)26-22(28)17-10-8-7-9-14(17)2/h7-13H,6H2,1-5H3,(H2,26,27,28,33). The van der Waals surface area contributed by atoms with E-state index in [0.29, 0.717) is 33.2 Å². The number of thiocarbonyl (C=S) groups is 1. The third-order valence-electron chi connectivity index (χ3n) is 5.08. The summed E-state index contributed by atoms with van der Waals surface area (Å²) in [5, 5.41) is 6.26. The van der Waals surface area contributed by atoms with Gasteiger partial charge >= 0.3 is 5.97 Å². The minimum Gasteiger partial charge on any atom is -0.493 e. The highest BCUT2D eigenvalue weighted by Crippen LogP contribution is 2.42. The molecule has 0 fully saturated rings. The van der Waals surface area contributed by atoms with Gasteiger partial charge in [0.1, 0.15) is 10.6 Å². The smallest absolute Gasteiger partial charge is 0.341 e. The number of anilines is 1. The Labute approximate surface area is 208 Å². The molecule has 1 heterocycles. The van der Waals surface area contributed by atoms with Crippen LogP contribution in [0.5, 0.6) is 11.5 Å². The summed E-state index contributed by atoms with van der Waals surface area (Å²) in [5.74, 6) is 0.292. The van der Waals surface area contributed by atoms with Crippen LogP contribution in [-0.4, -0.2) is 37.8 Å². The van der Waals surface area contributed by atoms with E-state index in [2.05, 4.69) is 10.6 Å². The maximum Gasteiger partial charge on any atom is 0.341 e. The maximum atomic E-state index is 13.0. The van der Waals surface area contributed by atoms with Crippen LogP contribution in [-0.2, 0) is 4.74 Å². The van der Waals surface area contributed by atoms with E-state index in [-0.39, 0.29) is 17.6 Å². The number of benzene rings is 2. The number of aryl methyl sites for hydroxylation is 2. The number of esters is 1. The molecule has 34 heavy (non-hydrogen) atoms. The third kappa shape index (κ3) is 5.37. The lowest BCUT2D eigenvalue weighted by atomic mass is 10.0. The highest BCUT2D eigenvalue weighted by Gasteiger charge is 2.26. The molecule has 2 N–H and O–H groups in total. The molecule has 3 rings (SSSR count). The SMILES string of the molecule is CCOC(=O)c1c(NC(=S)NC(=O)c2ccccc2C)sc(C)c1-c1ccc(OC)c(OC)c1. The summed E-state index contributed by atoms with van der Waals surface area (Å²) in [6, 6.07) is 12.7. The van der Waals surface area contributed by atoms with Gasteiger partial charge in [-0.1, -0.05) is 24.3 Å². The Morgan fingerprint density at radius 1 is 1.03 bits per heavy atom. The van der Waals surface area contributed by atoms with Crippen LogP contribution in [0.15, 0.2) is 42.5 Å². The molecule has 7 nitrogen and oxygen atoms in total. The van der Waals surface area contributed by atoms with E-state index in [1.54, 1.807) is 45.4 Å². The van der Waals surface area contributed by atoms with Crippen molar-refractivity contribution in [1.82, 2.24) is 5.32 Å². The summed E-state index contributed by atoms with van der Waals surface area (Å²) in [4.78, 5) is 26.5. The van der Waals surface area contributed by atoms with Gasteiger partial charge in [0.2, 0.25) is 0 Å². The molecular formula is C25H26N2O5S2. The zero-order chi connectivity index (χ0) is 24.8. The fourth-order valence-corrected chi connectivity index (χ4v) is 4.83. The minimum absolute atomic E-state index is 0.0823. The minimum atomic E-state index is -0.493. The van der Waals surface area contributed by atoms with Crippen molar-refractivity contribution in [2.75, 3.05) is 26.1 Å². The van der Waals surface area contributed by atoms with Crippen molar-refractivity contribution in [2.45, 2.75) is 20.8 Å². The maximum absolute atomic E-state index is 13.0. The van der Waals surface area contributed by atoms with E-state index in [1.165, 1.54) is 11.3 Å². The largest absolute Gasteiger partial charge is 0.493 e. The summed E-state index contributed by atoms with van der Waals surface area (Å²) in [5.41, 5.74) is 3.14. The Kier molecular flexibility index (Phi) is 8.25. The first kappa shape index (κ1) is 25.2. The fraction of sp³-hybridized carbons (Fsp3) is 0.240. The summed E-state index contributed by atoms with van der Waals surface area (Å²) >= 11 is 6.73. The van der Waals surface area contributed by atoms with Crippen LogP contribution in [0.2, 0.25) is 0 Å². The molecule has 1 aromatic heterocycles. The Morgan fingerprint density at radius 3 is 2.38 bits per heavy atom. The van der Waals surface area contributed by atoms with Crippen LogP contribution in [0.3, 0.4) is 0 Å². The molecule has 0 bridgehead atoms. The first-order chi connectivity index (χ1) is 16.3. The quantitative estimate of drug-likeness (QED) is 0.335. The van der Waals surface area contributed by atoms with Gasteiger partial charge in [-0.25, -0.2) is 4.79 Å². The van der Waals surface area contributed by atoms with Crippen LogP contribution in [0.25, 0.3) is 11.1 Å². The van der Waals surface area contributed by atoms with Crippen molar-refractivity contribution >= 4 is 45.5 Å². The second-order valence-corrected chi connectivity index (χ2v) is 8.88. The lowest BCUT2D eigenvalue weighted by Crippen LogP contribution is -2.34. The molecule has 0 unspecified atom stereocenters. The molecule has 9 heteroatoms. The molecule has 0 atom stereocenters. The number of hydrogen-bond donors (Lipinski definition) is 2. The van der Waals surface area contributed by atoms with Gasteiger partial charge in [-0.2, -0.15) is 0 Å². The van der Waals surface area contributed by atoms with Gasteiger partial charge in [-0.15, -0.1) is 11.3 Å². The number of nitrogens with one attached hydrogen (secondary N) is 2. The summed E-state index contributed by atoms with van der Waals surface area (Å²) in [7, 11) is 3.11. The number of rotatable bonds is 7. The van der Waals surface area contributed by atoms with E-state index >= 15 is 0 Å². The second-order valence-electron chi connectivity index (χ2n) is 7.25. The molecule has 0 saturated carbocycles. The van der Waals surface area contributed by atoms with Gasteiger partial charge in [-0.3, -0.25) is 10.1 Å². The average molecular weight is 499 g/mol. The fourth-order valence-electron chi connectivity index (χ4n) is 3.50. The van der Waals surface area contributed by atoms with Crippen molar-refractivity contribution in [1.29, 1.82) is 0 Å². The Morgan fingerprint density at radius 2 is 1.74 bits per heavy atom. The molecule has 0 saturated heterocycles. The molecule has 3 aromatic rings. The van der Waals surface area contributed by atoms with E-state index in [0.717, 1.165) is 16.0 Å². The number of methoxy groups -OCH3 is 2. The van der Waals surface area contributed by atoms with Gasteiger partial charge < -0.3 is 19.5 Å². The molecule has 2 aromatic carbocycles. The first-order valence-corrected chi connectivity index (χ1v) is 11.7. The van der Waals surface area contributed by atoms with Crippen molar-refractivity contribution in [3.8, 4) is 22.6 Å². The molecule has 178 valence electrons. The zero-order valence-corrected chi connectivity index (χ0v) is 21.2. The van der Waals surface area contributed by atoms with Gasteiger partial charge in [0, 0.05) is 16.0 Å². The van der Waals surface area contributed by atoms with Crippen LogP contribution in [0.4, 0.5) is 5.00 Å². The monoisotopic (exact) mass is 498 g/mol. The number of thiophene rings is 1. The number of hydrogen-bond acceptors (Lipinski definition) is 7. The van der Waals surface area contributed by atoms with Gasteiger partial charge in [0.05, 0.1) is 20.8 Å². The molecule has 0 aliphatic rings. The Balaban J connectivity index is 1.97. The van der Waals surface area contributed by atoms with Crippen molar-refractivity contribution < 1.29 is 23.8 Å². The topological polar surface area (TPSA) is 85.9 Å². The van der Waals surface area contributed by atoms with Crippen LogP contribution < -0.4 is 20.1 Å². The first-order valence-electron chi connectivity index (χ1n) is 10.5. The van der Waals surface area contributed by atoms with E-state index < -0.39 is 5.97 Å². The van der Waals surface area contributed by atoms with Crippen LogP contribution in [0, 0.1) is 13.8 Å². The zero-order valence-electron chi connectivity index (χ0n) is 19.6. The van der Waals surface area contributed by atoms with Crippen molar-refractivity contribution in [2.24, 2.45) is 0 Å². The van der Waals surface area contributed by atoms with Crippen LogP contribution >= 0.6 is 23.6 Å². The van der Waals surface area contributed by atoms with E-state index in [9.17, 15) is 9.59 Å². The highest BCUT2D eigenvalue weighted by molar-refractivity contribution is 7.80. The molecule has 1 amide bonds. The lowest BCUT2D eigenvalue weighted by molar-refractivity contribution is 0.0529. The average Bonchev–Trinajstić information content (AvgIpc) is 3.14. The van der Waals surface area contributed by atoms with Gasteiger partial charge in [0.15, 0.2) is 16.6 Å².